The Balaban J connectivity index is 2.23. The molecule has 0 amide bonds. The number of hydrogen-bond donors (Lipinski definition) is 2. The molecular formula is C10H13N3O2. The number of aliphatic carboxylic acids is 1. The molecule has 1 saturated carbocycles. The number of aromatic nitrogens is 2. The molecule has 5 heteroatoms. The van der Waals surface area contributed by atoms with Crippen LogP contribution in [0.1, 0.15) is 36.6 Å². The van der Waals surface area contributed by atoms with Crippen LogP contribution < -0.4 is 5.73 Å². The monoisotopic (exact) mass is 207 g/mol. The van der Waals surface area contributed by atoms with Crippen LogP contribution in [0.2, 0.25) is 0 Å². The first-order valence-electron chi connectivity index (χ1n) is 5.00. The van der Waals surface area contributed by atoms with Crippen LogP contribution in [0.5, 0.6) is 0 Å². The van der Waals surface area contributed by atoms with Gasteiger partial charge in [0.2, 0.25) is 5.95 Å². The first kappa shape index (κ1) is 9.89. The molecule has 1 fully saturated rings. The molecule has 2 rings (SSSR count). The number of nitrogens with zero attached hydrogens (tertiary/aromatic N) is 2. The summed E-state index contributed by atoms with van der Waals surface area (Å²) in [4.78, 5) is 18.6. The summed E-state index contributed by atoms with van der Waals surface area (Å²) < 4.78 is 0. The molecule has 5 nitrogen and oxygen atoms in total. The summed E-state index contributed by atoms with van der Waals surface area (Å²) in [6, 6.07) is 1.76. The normalized spacial score (nSPS) is 16.0. The van der Waals surface area contributed by atoms with Crippen LogP contribution in [-0.2, 0) is 11.2 Å². The molecule has 0 aliphatic heterocycles. The van der Waals surface area contributed by atoms with Crippen molar-refractivity contribution in [2.45, 2.75) is 31.6 Å². The van der Waals surface area contributed by atoms with Gasteiger partial charge in [-0.05, 0) is 18.9 Å². The standard InChI is InChI=1S/C10H13N3O2/c11-10-12-7(5-9(14)15)4-8(13-10)6-2-1-3-6/h4,6H,1-3,5H2,(H,14,15)(H2,11,12,13). The molecule has 0 saturated heterocycles. The Morgan fingerprint density at radius 3 is 2.80 bits per heavy atom. The zero-order chi connectivity index (χ0) is 10.8. The first-order chi connectivity index (χ1) is 7.15. The maximum absolute atomic E-state index is 10.5. The van der Waals surface area contributed by atoms with E-state index in [2.05, 4.69) is 9.97 Å². The zero-order valence-corrected chi connectivity index (χ0v) is 8.31. The molecule has 1 aromatic heterocycles. The van der Waals surface area contributed by atoms with E-state index in [1.54, 1.807) is 6.07 Å². The minimum absolute atomic E-state index is 0.0908. The van der Waals surface area contributed by atoms with Crippen molar-refractivity contribution >= 4 is 11.9 Å². The quantitative estimate of drug-likeness (QED) is 0.770. The summed E-state index contributed by atoms with van der Waals surface area (Å²) in [6.45, 7) is 0. The predicted octanol–water partition coefficient (Wildman–Crippen LogP) is 0.953. The number of carbonyl (C=O) groups is 1. The predicted molar refractivity (Wildman–Crippen MR) is 54.4 cm³/mol. The fraction of sp³-hybridized carbons (Fsp3) is 0.500. The van der Waals surface area contributed by atoms with Crippen LogP contribution in [-0.4, -0.2) is 21.0 Å². The summed E-state index contributed by atoms with van der Waals surface area (Å²) >= 11 is 0. The van der Waals surface area contributed by atoms with Crippen LogP contribution in [0.4, 0.5) is 5.95 Å². The van der Waals surface area contributed by atoms with Gasteiger partial charge >= 0.3 is 5.97 Å². The fourth-order valence-corrected chi connectivity index (χ4v) is 1.70. The molecule has 1 heterocycles. The lowest BCUT2D eigenvalue weighted by atomic mass is 9.82. The highest BCUT2D eigenvalue weighted by Crippen LogP contribution is 2.35. The first-order valence-corrected chi connectivity index (χ1v) is 5.00. The second-order valence-corrected chi connectivity index (χ2v) is 3.84. The Bertz CT molecular complexity index is 388. The van der Waals surface area contributed by atoms with Crippen LogP contribution >= 0.6 is 0 Å². The second-order valence-electron chi connectivity index (χ2n) is 3.84. The lowest BCUT2D eigenvalue weighted by Gasteiger charge is -2.24. The lowest BCUT2D eigenvalue weighted by Crippen LogP contribution is -2.14. The van der Waals surface area contributed by atoms with Gasteiger partial charge in [-0.25, -0.2) is 9.97 Å². The number of hydrogen-bond acceptors (Lipinski definition) is 4. The molecule has 3 N–H and O–H groups in total. The van der Waals surface area contributed by atoms with E-state index in [9.17, 15) is 4.79 Å². The topological polar surface area (TPSA) is 89.1 Å². The van der Waals surface area contributed by atoms with Gasteiger partial charge in [0, 0.05) is 11.6 Å². The van der Waals surface area contributed by atoms with E-state index in [1.807, 2.05) is 0 Å². The van der Waals surface area contributed by atoms with Gasteiger partial charge < -0.3 is 10.8 Å². The number of nitrogen functional groups attached to an aromatic ring is 1. The number of anilines is 1. The van der Waals surface area contributed by atoms with Gasteiger partial charge in [0.25, 0.3) is 0 Å². The molecule has 0 spiro atoms. The van der Waals surface area contributed by atoms with E-state index in [1.165, 1.54) is 6.42 Å². The second kappa shape index (κ2) is 3.84. The number of carboxylic acid groups (broad SMARTS) is 1. The third-order valence-electron chi connectivity index (χ3n) is 2.67. The lowest BCUT2D eigenvalue weighted by molar-refractivity contribution is -0.136. The fourth-order valence-electron chi connectivity index (χ4n) is 1.70. The molecule has 15 heavy (non-hydrogen) atoms. The number of nitrogens with two attached hydrogens (primary N) is 1. The average Bonchev–Trinajstić information content (AvgIpc) is 1.96. The molecule has 1 aliphatic carbocycles. The Kier molecular flexibility index (Phi) is 2.53. The highest BCUT2D eigenvalue weighted by atomic mass is 16.4. The van der Waals surface area contributed by atoms with E-state index in [0.717, 1.165) is 18.5 Å². The van der Waals surface area contributed by atoms with Gasteiger partial charge in [-0.2, -0.15) is 0 Å². The SMILES string of the molecule is Nc1nc(CC(=O)O)cc(C2CCC2)n1. The Hall–Kier alpha value is -1.65. The maximum Gasteiger partial charge on any atom is 0.309 e. The molecule has 0 atom stereocenters. The van der Waals surface area contributed by atoms with E-state index < -0.39 is 5.97 Å². The molecule has 1 aliphatic rings. The van der Waals surface area contributed by atoms with Crippen LogP contribution in [0, 0.1) is 0 Å². The van der Waals surface area contributed by atoms with Gasteiger partial charge in [0.05, 0.1) is 12.1 Å². The summed E-state index contributed by atoms with van der Waals surface area (Å²) in [5.41, 5.74) is 6.93. The number of carboxylic acids is 1. The van der Waals surface area contributed by atoms with Crippen LogP contribution in [0.3, 0.4) is 0 Å². The summed E-state index contributed by atoms with van der Waals surface area (Å²) in [5, 5.41) is 8.66. The molecule has 0 bridgehead atoms. The van der Waals surface area contributed by atoms with Gasteiger partial charge in [-0.15, -0.1) is 0 Å². The minimum Gasteiger partial charge on any atom is -0.481 e. The van der Waals surface area contributed by atoms with Crippen LogP contribution in [0.15, 0.2) is 6.07 Å². The highest BCUT2D eigenvalue weighted by Gasteiger charge is 2.22. The largest absolute Gasteiger partial charge is 0.481 e. The van der Waals surface area contributed by atoms with Crippen molar-refractivity contribution < 1.29 is 9.90 Å². The van der Waals surface area contributed by atoms with Crippen LogP contribution in [0.25, 0.3) is 0 Å². The summed E-state index contributed by atoms with van der Waals surface area (Å²) in [7, 11) is 0. The van der Waals surface area contributed by atoms with E-state index >= 15 is 0 Å². The summed E-state index contributed by atoms with van der Waals surface area (Å²) in [6.07, 6.45) is 3.35. The molecule has 0 radical (unpaired) electrons. The van der Waals surface area contributed by atoms with Gasteiger partial charge in [-0.3, -0.25) is 4.79 Å². The molecule has 1 aromatic rings. The molecule has 0 unspecified atom stereocenters. The van der Waals surface area contributed by atoms with Gasteiger partial charge in [0.15, 0.2) is 0 Å². The Labute approximate surface area is 87.4 Å². The minimum atomic E-state index is -0.896. The maximum atomic E-state index is 10.5. The van der Waals surface area contributed by atoms with E-state index in [-0.39, 0.29) is 12.4 Å². The number of rotatable bonds is 3. The zero-order valence-electron chi connectivity index (χ0n) is 8.31. The van der Waals surface area contributed by atoms with Crippen molar-refractivity contribution in [3.05, 3.63) is 17.5 Å². The third kappa shape index (κ3) is 2.23. The van der Waals surface area contributed by atoms with Gasteiger partial charge in [0.1, 0.15) is 0 Å². The molecular weight excluding hydrogens is 194 g/mol. The average molecular weight is 207 g/mol. The summed E-state index contributed by atoms with van der Waals surface area (Å²) in [5.74, 6) is -0.272. The highest BCUT2D eigenvalue weighted by molar-refractivity contribution is 5.69. The van der Waals surface area contributed by atoms with Crippen molar-refractivity contribution in [1.29, 1.82) is 0 Å². The Morgan fingerprint density at radius 2 is 2.27 bits per heavy atom. The van der Waals surface area contributed by atoms with Crippen molar-refractivity contribution in [3.63, 3.8) is 0 Å². The molecule has 0 aromatic carbocycles. The van der Waals surface area contributed by atoms with E-state index in [0.29, 0.717) is 11.6 Å². The van der Waals surface area contributed by atoms with E-state index in [4.69, 9.17) is 10.8 Å². The van der Waals surface area contributed by atoms with Gasteiger partial charge in [-0.1, -0.05) is 6.42 Å². The van der Waals surface area contributed by atoms with Crippen molar-refractivity contribution in [3.8, 4) is 0 Å². The Morgan fingerprint density at radius 1 is 1.53 bits per heavy atom. The van der Waals surface area contributed by atoms with Crippen molar-refractivity contribution in [2.75, 3.05) is 5.73 Å². The third-order valence-corrected chi connectivity index (χ3v) is 2.67. The van der Waals surface area contributed by atoms with Crippen molar-refractivity contribution in [1.82, 2.24) is 9.97 Å². The smallest absolute Gasteiger partial charge is 0.309 e. The molecule has 80 valence electrons. The van der Waals surface area contributed by atoms with Crippen molar-refractivity contribution in [2.24, 2.45) is 0 Å².